The number of hydrogen-bond acceptors (Lipinski definition) is 1. The topological polar surface area (TPSA) is 48.6 Å². The van der Waals surface area contributed by atoms with E-state index in [2.05, 4.69) is 41.8 Å². The van der Waals surface area contributed by atoms with Gasteiger partial charge in [-0.3, -0.25) is 4.79 Å². The van der Waals surface area contributed by atoms with Gasteiger partial charge >= 0.3 is 0 Å². The van der Waals surface area contributed by atoms with Crippen molar-refractivity contribution < 1.29 is 4.79 Å². The van der Waals surface area contributed by atoms with Gasteiger partial charge in [0, 0.05) is 30.8 Å². The molecule has 108 valence electrons. The summed E-state index contributed by atoms with van der Waals surface area (Å²) in [6.07, 6.45) is 0. The second-order valence-electron chi connectivity index (χ2n) is 5.16. The first kappa shape index (κ1) is 13.8. The van der Waals surface area contributed by atoms with Gasteiger partial charge in [-0.1, -0.05) is 31.9 Å². The normalized spacial score (nSPS) is 11.4. The molecule has 0 aliphatic carbocycles. The number of halogens is 2. The van der Waals surface area contributed by atoms with Crippen molar-refractivity contribution in [2.24, 2.45) is 0 Å². The van der Waals surface area contributed by atoms with E-state index in [-0.39, 0.29) is 5.78 Å². The number of aromatic amines is 2. The summed E-state index contributed by atoms with van der Waals surface area (Å²) in [6, 6.07) is 15.6. The van der Waals surface area contributed by atoms with Gasteiger partial charge in [-0.2, -0.15) is 0 Å². The van der Waals surface area contributed by atoms with E-state index in [4.69, 9.17) is 0 Å². The largest absolute Gasteiger partial charge is 0.352 e. The molecular weight excluding hydrogens is 408 g/mol. The summed E-state index contributed by atoms with van der Waals surface area (Å²) in [6.45, 7) is 0. The summed E-state index contributed by atoms with van der Waals surface area (Å²) in [4.78, 5) is 19.0. The van der Waals surface area contributed by atoms with E-state index in [1.165, 1.54) is 0 Å². The first-order valence-corrected chi connectivity index (χ1v) is 8.30. The molecule has 0 amide bonds. The van der Waals surface area contributed by atoms with Crippen LogP contribution in [0.5, 0.6) is 0 Å². The average Bonchev–Trinajstić information content (AvgIpc) is 3.08. The first-order valence-electron chi connectivity index (χ1n) is 6.71. The smallest absolute Gasteiger partial charge is 0.225 e. The Labute approximate surface area is 143 Å². The average molecular weight is 418 g/mol. The summed E-state index contributed by atoms with van der Waals surface area (Å²) in [7, 11) is 0. The second kappa shape index (κ2) is 5.11. The molecule has 5 heteroatoms. The molecule has 2 aromatic heterocycles. The molecule has 0 atom stereocenters. The minimum absolute atomic E-state index is 0.0420. The molecule has 3 nitrogen and oxygen atoms in total. The molecule has 0 aliphatic rings. The maximum atomic E-state index is 12.7. The molecule has 0 radical (unpaired) electrons. The maximum absolute atomic E-state index is 12.7. The van der Waals surface area contributed by atoms with Crippen LogP contribution in [0.15, 0.2) is 57.5 Å². The van der Waals surface area contributed by atoms with Crippen LogP contribution in [0, 0.1) is 0 Å². The number of benzene rings is 2. The summed E-state index contributed by atoms with van der Waals surface area (Å²) in [5.41, 5.74) is 3.06. The van der Waals surface area contributed by atoms with Gasteiger partial charge in [0.15, 0.2) is 0 Å². The fraction of sp³-hybridized carbons (Fsp3) is 0. The lowest BCUT2D eigenvalue weighted by Crippen LogP contribution is -2.01. The van der Waals surface area contributed by atoms with Gasteiger partial charge in [-0.25, -0.2) is 0 Å². The molecule has 0 unspecified atom stereocenters. The van der Waals surface area contributed by atoms with Crippen molar-refractivity contribution >= 4 is 59.4 Å². The zero-order valence-electron chi connectivity index (χ0n) is 11.3. The number of nitrogens with one attached hydrogen (secondary N) is 2. The number of ketones is 1. The van der Waals surface area contributed by atoms with Gasteiger partial charge in [-0.05, 0) is 48.5 Å². The van der Waals surface area contributed by atoms with Crippen molar-refractivity contribution in [3.8, 4) is 0 Å². The Kier molecular flexibility index (Phi) is 3.20. The number of hydrogen-bond donors (Lipinski definition) is 2. The van der Waals surface area contributed by atoms with Gasteiger partial charge in [0.2, 0.25) is 5.78 Å². The first-order chi connectivity index (χ1) is 10.6. The molecular formula is C17H10Br2N2O. The summed E-state index contributed by atoms with van der Waals surface area (Å²) in [5.74, 6) is -0.0420. The van der Waals surface area contributed by atoms with Crippen LogP contribution in [0.1, 0.15) is 16.2 Å². The minimum atomic E-state index is -0.0420. The molecule has 0 saturated heterocycles. The predicted molar refractivity (Wildman–Crippen MR) is 95.4 cm³/mol. The van der Waals surface area contributed by atoms with Crippen LogP contribution < -0.4 is 0 Å². The SMILES string of the molecule is O=C(c1cc2cc(Br)ccc2[nH]1)c1cc2cc(Br)ccc2[nH]1. The van der Waals surface area contributed by atoms with Crippen molar-refractivity contribution in [2.45, 2.75) is 0 Å². The highest BCUT2D eigenvalue weighted by Gasteiger charge is 2.15. The number of rotatable bonds is 2. The highest BCUT2D eigenvalue weighted by molar-refractivity contribution is 9.10. The van der Waals surface area contributed by atoms with Crippen molar-refractivity contribution in [3.63, 3.8) is 0 Å². The Hall–Kier alpha value is -1.85. The standard InChI is InChI=1S/C17H10Br2N2O/c18-11-1-3-13-9(5-11)7-15(20-13)17(22)16-8-10-6-12(19)2-4-14(10)21-16/h1-8,20-21H. The lowest BCUT2D eigenvalue weighted by molar-refractivity contribution is 0.103. The summed E-state index contributed by atoms with van der Waals surface area (Å²) in [5, 5.41) is 2.02. The van der Waals surface area contributed by atoms with E-state index in [1.54, 1.807) is 0 Å². The molecule has 4 aromatic rings. The Morgan fingerprint density at radius 1 is 0.727 bits per heavy atom. The quantitative estimate of drug-likeness (QED) is 0.421. The van der Waals surface area contributed by atoms with E-state index >= 15 is 0 Å². The number of aromatic nitrogens is 2. The lowest BCUT2D eigenvalue weighted by Gasteiger charge is -1.93. The number of carbonyl (C=O) groups excluding carboxylic acids is 1. The van der Waals surface area contributed by atoms with Gasteiger partial charge in [-0.15, -0.1) is 0 Å². The van der Waals surface area contributed by atoms with Crippen LogP contribution in [-0.2, 0) is 0 Å². The predicted octanol–water partition coefficient (Wildman–Crippen LogP) is 5.41. The van der Waals surface area contributed by atoms with E-state index in [0.29, 0.717) is 11.4 Å². The van der Waals surface area contributed by atoms with Crippen molar-refractivity contribution in [3.05, 3.63) is 68.9 Å². The summed E-state index contributed by atoms with van der Waals surface area (Å²) >= 11 is 6.89. The molecule has 0 aliphatic heterocycles. The third-order valence-corrected chi connectivity index (χ3v) is 4.64. The molecule has 0 bridgehead atoms. The van der Waals surface area contributed by atoms with Crippen LogP contribution in [0.2, 0.25) is 0 Å². The molecule has 22 heavy (non-hydrogen) atoms. The Balaban J connectivity index is 1.80. The second-order valence-corrected chi connectivity index (χ2v) is 6.99. The van der Waals surface area contributed by atoms with Gasteiger partial charge < -0.3 is 9.97 Å². The minimum Gasteiger partial charge on any atom is -0.352 e. The van der Waals surface area contributed by atoms with E-state index in [1.807, 2.05) is 48.5 Å². The maximum Gasteiger partial charge on any atom is 0.225 e. The molecule has 2 aromatic carbocycles. The summed E-state index contributed by atoms with van der Waals surface area (Å²) < 4.78 is 1.99. The number of carbonyl (C=O) groups is 1. The molecule has 2 heterocycles. The molecule has 0 saturated carbocycles. The lowest BCUT2D eigenvalue weighted by atomic mass is 10.2. The van der Waals surface area contributed by atoms with E-state index in [9.17, 15) is 4.79 Å². The van der Waals surface area contributed by atoms with Gasteiger partial charge in [0.25, 0.3) is 0 Å². The van der Waals surface area contributed by atoms with Crippen LogP contribution in [0.25, 0.3) is 21.8 Å². The highest BCUT2D eigenvalue weighted by atomic mass is 79.9. The third kappa shape index (κ3) is 2.30. The molecule has 0 fully saturated rings. The Morgan fingerprint density at radius 3 is 1.64 bits per heavy atom. The molecule has 2 N–H and O–H groups in total. The van der Waals surface area contributed by atoms with Crippen LogP contribution in [0.3, 0.4) is 0 Å². The molecule has 4 rings (SSSR count). The van der Waals surface area contributed by atoms with Crippen LogP contribution >= 0.6 is 31.9 Å². The fourth-order valence-electron chi connectivity index (χ4n) is 2.60. The monoisotopic (exact) mass is 416 g/mol. The van der Waals surface area contributed by atoms with Crippen molar-refractivity contribution in [1.82, 2.24) is 9.97 Å². The fourth-order valence-corrected chi connectivity index (χ4v) is 3.35. The third-order valence-electron chi connectivity index (χ3n) is 3.65. The van der Waals surface area contributed by atoms with Gasteiger partial charge in [0.1, 0.15) is 0 Å². The van der Waals surface area contributed by atoms with E-state index < -0.39 is 0 Å². The van der Waals surface area contributed by atoms with Crippen molar-refractivity contribution in [1.29, 1.82) is 0 Å². The Morgan fingerprint density at radius 2 is 1.18 bits per heavy atom. The van der Waals surface area contributed by atoms with Crippen molar-refractivity contribution in [2.75, 3.05) is 0 Å². The highest BCUT2D eigenvalue weighted by Crippen LogP contribution is 2.24. The Bertz CT molecular complexity index is 948. The van der Waals surface area contributed by atoms with E-state index in [0.717, 1.165) is 30.8 Å². The zero-order chi connectivity index (χ0) is 15.3. The van der Waals surface area contributed by atoms with Crippen LogP contribution in [-0.4, -0.2) is 15.8 Å². The van der Waals surface area contributed by atoms with Gasteiger partial charge in [0.05, 0.1) is 11.4 Å². The zero-order valence-corrected chi connectivity index (χ0v) is 14.5. The van der Waals surface area contributed by atoms with Crippen LogP contribution in [0.4, 0.5) is 0 Å². The number of fused-ring (bicyclic) bond motifs is 2. The number of H-pyrrole nitrogens is 2. The molecule has 0 spiro atoms.